The Kier molecular flexibility index (Phi) is 2.30. The number of aromatic nitrogens is 5. The Morgan fingerprint density at radius 3 is 2.94 bits per heavy atom. The molecule has 0 aliphatic rings. The molecule has 0 radical (unpaired) electrons. The first-order chi connectivity index (χ1) is 8.72. The maximum Gasteiger partial charge on any atom is 0.296 e. The number of H-pyrrole nitrogens is 1. The van der Waals surface area contributed by atoms with Crippen LogP contribution in [0.1, 0.15) is 5.69 Å². The summed E-state index contributed by atoms with van der Waals surface area (Å²) >= 11 is 0. The van der Waals surface area contributed by atoms with Crippen molar-refractivity contribution in [3.05, 3.63) is 41.2 Å². The van der Waals surface area contributed by atoms with Crippen molar-refractivity contribution in [2.75, 3.05) is 5.32 Å². The number of aromatic amines is 1. The molecule has 0 saturated heterocycles. The first-order valence-electron chi connectivity index (χ1n) is 5.38. The van der Waals surface area contributed by atoms with E-state index in [0.717, 1.165) is 5.69 Å². The van der Waals surface area contributed by atoms with E-state index in [4.69, 9.17) is 0 Å². The van der Waals surface area contributed by atoms with E-state index >= 15 is 0 Å². The summed E-state index contributed by atoms with van der Waals surface area (Å²) in [6.45, 7) is 1.88. The van der Waals surface area contributed by atoms with E-state index in [0.29, 0.717) is 21.7 Å². The lowest BCUT2D eigenvalue weighted by molar-refractivity contribution is -0.641. The fourth-order valence-corrected chi connectivity index (χ4v) is 1.65. The second-order valence-corrected chi connectivity index (χ2v) is 3.86. The van der Waals surface area contributed by atoms with Crippen LogP contribution in [0, 0.1) is 12.1 Å². The van der Waals surface area contributed by atoms with Gasteiger partial charge in [-0.15, -0.1) is 0 Å². The molecule has 0 atom stereocenters. The maximum absolute atomic E-state index is 11.7. The van der Waals surface area contributed by atoms with Gasteiger partial charge in [-0.2, -0.15) is 5.10 Å². The summed E-state index contributed by atoms with van der Waals surface area (Å²) < 4.78 is 0. The highest BCUT2D eigenvalue weighted by atomic mass is 16.5. The van der Waals surface area contributed by atoms with Crippen LogP contribution in [-0.2, 0) is 0 Å². The minimum absolute atomic E-state index is 0.218. The molecule has 0 amide bonds. The molecule has 0 saturated carbocycles. The average molecular weight is 242 g/mol. The monoisotopic (exact) mass is 242 g/mol. The van der Waals surface area contributed by atoms with Crippen LogP contribution in [0.25, 0.3) is 11.0 Å². The number of hydrogen-bond acceptors (Lipinski definition) is 5. The summed E-state index contributed by atoms with van der Waals surface area (Å²) in [5.41, 5.74) is 1.92. The van der Waals surface area contributed by atoms with Crippen LogP contribution in [0.15, 0.2) is 30.3 Å². The molecule has 0 fully saturated rings. The Hall–Kier alpha value is -2.70. The molecule has 7 heteroatoms. The van der Waals surface area contributed by atoms with Gasteiger partial charge in [0.1, 0.15) is 5.52 Å². The Morgan fingerprint density at radius 1 is 1.33 bits per heavy atom. The zero-order chi connectivity index (χ0) is 12.5. The number of fused-ring (bicyclic) bond motifs is 1. The highest BCUT2D eigenvalue weighted by Crippen LogP contribution is 2.12. The predicted octanol–water partition coefficient (Wildman–Crippen LogP) is 1.04. The van der Waals surface area contributed by atoms with Crippen LogP contribution in [0.4, 0.5) is 11.8 Å². The molecule has 3 aromatic rings. The van der Waals surface area contributed by atoms with Gasteiger partial charge in [-0.1, -0.05) is 12.1 Å². The highest BCUT2D eigenvalue weighted by Gasteiger charge is 2.10. The first-order valence-corrected chi connectivity index (χ1v) is 5.38. The van der Waals surface area contributed by atoms with E-state index < -0.39 is 0 Å². The van der Waals surface area contributed by atoms with E-state index in [1.54, 1.807) is 24.3 Å². The minimum atomic E-state index is 0.218. The molecule has 3 rings (SSSR count). The molecule has 1 aromatic carbocycles. The van der Waals surface area contributed by atoms with Crippen molar-refractivity contribution >= 4 is 22.8 Å². The summed E-state index contributed by atoms with van der Waals surface area (Å²) in [4.78, 5) is 4.79. The summed E-state index contributed by atoms with van der Waals surface area (Å²) in [6, 6.07) is 8.81. The van der Waals surface area contributed by atoms with Crippen LogP contribution < -0.4 is 10.2 Å². The Morgan fingerprint density at radius 2 is 2.17 bits per heavy atom. The van der Waals surface area contributed by atoms with Gasteiger partial charge in [-0.3, -0.25) is 5.10 Å². The molecule has 2 aromatic heterocycles. The maximum atomic E-state index is 11.7. The summed E-state index contributed by atoms with van der Waals surface area (Å²) in [5.74, 6) is 0.790. The van der Waals surface area contributed by atoms with Crippen molar-refractivity contribution in [2.45, 2.75) is 6.92 Å². The van der Waals surface area contributed by atoms with Crippen molar-refractivity contribution in [3.8, 4) is 0 Å². The number of para-hydroxylation sites is 2. The third kappa shape index (κ3) is 1.81. The van der Waals surface area contributed by atoms with Crippen molar-refractivity contribution in [3.63, 3.8) is 0 Å². The van der Waals surface area contributed by atoms with Gasteiger partial charge in [0.15, 0.2) is 5.82 Å². The van der Waals surface area contributed by atoms with Gasteiger partial charge < -0.3 is 10.5 Å². The van der Waals surface area contributed by atoms with E-state index in [9.17, 15) is 5.21 Å². The molecule has 0 spiro atoms. The SMILES string of the molecule is Cc1cc(Nc2nc3ccccc3[n+]([O-])n2)n[nH]1. The molecule has 7 nitrogen and oxygen atoms in total. The third-order valence-electron chi connectivity index (χ3n) is 2.45. The molecule has 0 aliphatic carbocycles. The first kappa shape index (κ1) is 10.5. The number of nitrogens with zero attached hydrogens (tertiary/aromatic N) is 4. The number of benzene rings is 1. The van der Waals surface area contributed by atoms with Gasteiger partial charge in [-0.25, -0.2) is 4.98 Å². The molecular weight excluding hydrogens is 232 g/mol. The van der Waals surface area contributed by atoms with Crippen LogP contribution >= 0.6 is 0 Å². The van der Waals surface area contributed by atoms with Crippen LogP contribution in [-0.4, -0.2) is 20.3 Å². The van der Waals surface area contributed by atoms with Gasteiger partial charge in [-0.05, 0) is 17.8 Å². The van der Waals surface area contributed by atoms with Crippen LogP contribution in [0.3, 0.4) is 0 Å². The second-order valence-electron chi connectivity index (χ2n) is 3.86. The Balaban J connectivity index is 2.02. The number of nitrogens with one attached hydrogen (secondary N) is 2. The van der Waals surface area contributed by atoms with Crippen molar-refractivity contribution in [1.82, 2.24) is 20.3 Å². The van der Waals surface area contributed by atoms with Crippen LogP contribution in [0.2, 0.25) is 0 Å². The topological polar surface area (TPSA) is 93.4 Å². The normalized spacial score (nSPS) is 10.7. The smallest absolute Gasteiger partial charge is 0.296 e. The van der Waals surface area contributed by atoms with E-state index in [1.165, 1.54) is 0 Å². The van der Waals surface area contributed by atoms with E-state index in [2.05, 4.69) is 25.6 Å². The average Bonchev–Trinajstić information content (AvgIpc) is 2.75. The number of rotatable bonds is 2. The van der Waals surface area contributed by atoms with Gasteiger partial charge >= 0.3 is 0 Å². The van der Waals surface area contributed by atoms with Crippen molar-refractivity contribution in [2.24, 2.45) is 0 Å². The fourth-order valence-electron chi connectivity index (χ4n) is 1.65. The molecular formula is C11H10N6O. The molecule has 0 unspecified atom stereocenters. The summed E-state index contributed by atoms with van der Waals surface area (Å²) in [6.07, 6.45) is 0. The van der Waals surface area contributed by atoms with Crippen molar-refractivity contribution < 1.29 is 4.85 Å². The summed E-state index contributed by atoms with van der Waals surface area (Å²) in [7, 11) is 0. The number of hydrogen-bond donors (Lipinski definition) is 2. The predicted molar refractivity (Wildman–Crippen MR) is 65.1 cm³/mol. The minimum Gasteiger partial charge on any atom is -0.594 e. The van der Waals surface area contributed by atoms with E-state index in [-0.39, 0.29) is 5.95 Å². The Labute approximate surface area is 102 Å². The standard InChI is InChI=1S/C11H10N6O/c1-7-6-10(15-14-7)13-11-12-8-4-2-3-5-9(8)17(18)16-11/h2-6H,1H3,(H2,12,13,14,15,16). The molecule has 18 heavy (non-hydrogen) atoms. The molecule has 0 aliphatic heterocycles. The fraction of sp³-hybridized carbons (Fsp3) is 0.0909. The zero-order valence-corrected chi connectivity index (χ0v) is 9.58. The van der Waals surface area contributed by atoms with Gasteiger partial charge in [0.25, 0.3) is 11.5 Å². The lowest BCUT2D eigenvalue weighted by atomic mass is 10.3. The van der Waals surface area contributed by atoms with Gasteiger partial charge in [0, 0.05) is 17.8 Å². The number of aryl methyl sites for hydroxylation is 1. The zero-order valence-electron chi connectivity index (χ0n) is 9.58. The molecule has 2 N–H and O–H groups in total. The van der Waals surface area contributed by atoms with Gasteiger partial charge in [0.2, 0.25) is 0 Å². The second kappa shape index (κ2) is 3.95. The quantitative estimate of drug-likeness (QED) is 0.517. The largest absolute Gasteiger partial charge is 0.594 e. The lowest BCUT2D eigenvalue weighted by Crippen LogP contribution is -2.33. The number of anilines is 2. The molecule has 0 bridgehead atoms. The van der Waals surface area contributed by atoms with Gasteiger partial charge in [0.05, 0.1) is 5.10 Å². The highest BCUT2D eigenvalue weighted by molar-refractivity contribution is 5.71. The third-order valence-corrected chi connectivity index (χ3v) is 2.45. The lowest BCUT2D eigenvalue weighted by Gasteiger charge is -2.02. The van der Waals surface area contributed by atoms with Crippen molar-refractivity contribution in [1.29, 1.82) is 0 Å². The Bertz CT molecular complexity index is 708. The van der Waals surface area contributed by atoms with Crippen LogP contribution in [0.5, 0.6) is 0 Å². The summed E-state index contributed by atoms with van der Waals surface area (Å²) in [5, 5.41) is 25.1. The molecule has 90 valence electrons. The van der Waals surface area contributed by atoms with E-state index in [1.807, 2.05) is 13.0 Å². The molecule has 2 heterocycles.